The first-order valence-electron chi connectivity index (χ1n) is 29.2. The average molecular weight is 1070 g/mol. The van der Waals surface area contributed by atoms with E-state index in [2.05, 4.69) is 240 Å². The van der Waals surface area contributed by atoms with Crippen LogP contribution in [0.3, 0.4) is 0 Å². The highest BCUT2D eigenvalue weighted by Crippen LogP contribution is 2.54. The zero-order chi connectivity index (χ0) is 52.7. The fraction of sp³-hybridized carbons (Fsp3) is 0.158. The molecule has 0 unspecified atom stereocenters. The summed E-state index contributed by atoms with van der Waals surface area (Å²) < 4.78 is 5.34. The monoisotopic (exact) mass is 1060 g/mol. The smallest absolute Gasteiger partial charge is 0.0543 e. The van der Waals surface area contributed by atoms with Crippen molar-refractivity contribution in [1.29, 1.82) is 0 Å². The number of fused-ring (bicyclic) bond motifs is 6. The molecule has 2 saturated carbocycles. The number of para-hydroxylation sites is 2. The third-order valence-electron chi connectivity index (χ3n) is 18.2. The number of hydrogen-bond acceptors (Lipinski definition) is 4. The molecule has 0 saturated heterocycles. The predicted octanol–water partition coefficient (Wildman–Crippen LogP) is 23.7. The molecule has 12 aromatic carbocycles. The van der Waals surface area contributed by atoms with Crippen LogP contribution in [0.15, 0.2) is 231 Å². The van der Waals surface area contributed by atoms with Gasteiger partial charge in [0, 0.05) is 73.9 Å². The van der Waals surface area contributed by atoms with Crippen LogP contribution in [0.5, 0.6) is 0 Å². The van der Waals surface area contributed by atoms with Gasteiger partial charge in [0.15, 0.2) is 0 Å². The van der Waals surface area contributed by atoms with Gasteiger partial charge in [0.25, 0.3) is 0 Å². The van der Waals surface area contributed by atoms with Crippen molar-refractivity contribution in [3.63, 3.8) is 0 Å². The van der Waals surface area contributed by atoms with Crippen molar-refractivity contribution in [1.82, 2.24) is 0 Å². The number of nitrogens with zero attached hydrogens (tertiary/aromatic N) is 2. The van der Waals surface area contributed by atoms with E-state index in [0.29, 0.717) is 11.8 Å². The minimum absolute atomic E-state index is 0.479. The molecule has 2 heterocycles. The molecule has 386 valence electrons. The van der Waals surface area contributed by atoms with Crippen molar-refractivity contribution in [3.05, 3.63) is 242 Å². The maximum Gasteiger partial charge on any atom is 0.0543 e. The zero-order valence-electron chi connectivity index (χ0n) is 44.9. The van der Waals surface area contributed by atoms with Crippen LogP contribution in [-0.2, 0) is 0 Å². The first-order valence-corrected chi connectivity index (χ1v) is 30.8. The number of hydrogen-bond donors (Lipinski definition) is 0. The van der Waals surface area contributed by atoms with Gasteiger partial charge in [-0.25, -0.2) is 0 Å². The van der Waals surface area contributed by atoms with Crippen LogP contribution in [0.25, 0.3) is 94.9 Å². The lowest BCUT2D eigenvalue weighted by atomic mass is 9.77. The van der Waals surface area contributed by atoms with Gasteiger partial charge < -0.3 is 9.80 Å². The van der Waals surface area contributed by atoms with E-state index < -0.39 is 0 Å². The number of anilines is 6. The molecular weight excluding hydrogens is 1000 g/mol. The fourth-order valence-electron chi connectivity index (χ4n) is 14.5. The van der Waals surface area contributed by atoms with Crippen molar-refractivity contribution in [3.8, 4) is 22.3 Å². The zero-order valence-corrected chi connectivity index (χ0v) is 46.5. The van der Waals surface area contributed by atoms with Gasteiger partial charge >= 0.3 is 0 Å². The van der Waals surface area contributed by atoms with E-state index in [9.17, 15) is 0 Å². The first-order chi connectivity index (χ1) is 39.7. The lowest BCUT2D eigenvalue weighted by Gasteiger charge is -2.33. The molecule has 0 amide bonds. The van der Waals surface area contributed by atoms with Crippen LogP contribution < -0.4 is 9.80 Å². The predicted molar refractivity (Wildman–Crippen MR) is 348 cm³/mol. The minimum Gasteiger partial charge on any atom is -0.310 e. The maximum atomic E-state index is 2.63. The minimum atomic E-state index is 0.479. The summed E-state index contributed by atoms with van der Waals surface area (Å²) >= 11 is 3.82. The third kappa shape index (κ3) is 7.93. The molecule has 16 rings (SSSR count). The lowest BCUT2D eigenvalue weighted by Crippen LogP contribution is -2.14. The highest BCUT2D eigenvalue weighted by atomic mass is 32.1. The highest BCUT2D eigenvalue weighted by molar-refractivity contribution is 7.26. The summed E-state index contributed by atoms with van der Waals surface area (Å²) in [6.07, 6.45) is 12.6. The SMILES string of the molecule is c1ccc(N(c2cccc(-c3cccc4c3sc3ccccc34)c2)c2cc(C3CCCCC3)c3ccc4c(N(c5ccccc5)c5cccc(-c6cccc7c6sc6ccccc67)c5)cc(C5CCCCC5)c5ccc2c3c54)cc1. The largest absolute Gasteiger partial charge is 0.310 e. The molecule has 0 radical (unpaired) electrons. The quantitative estimate of drug-likeness (QED) is 0.126. The molecule has 0 bridgehead atoms. The van der Waals surface area contributed by atoms with Crippen molar-refractivity contribution >= 4 is 129 Å². The summed E-state index contributed by atoms with van der Waals surface area (Å²) in [5.41, 5.74) is 15.2. The second-order valence-corrected chi connectivity index (χ2v) is 24.8. The van der Waals surface area contributed by atoms with Crippen LogP contribution in [0, 0.1) is 0 Å². The first kappa shape index (κ1) is 47.7. The summed E-state index contributed by atoms with van der Waals surface area (Å²) in [4.78, 5) is 5.18. The standard InChI is InChI=1S/C76H60N2S2/c1-5-21-49(22-6-1)67-47-69(77(53-27-9-3-10-28-53)55-31-17-25-51(45-55)57-35-19-37-63-59-33-13-15-39-71(59)79-75(57)63)65-44-42-62-68(50-23-7-2-8-24-50)48-70(66-43-41-61(67)73(65)74(62)66)78(54-29-11-4-12-30-54)56-32-18-26-52(46-56)58-36-20-38-64-60-34-14-16-40-72(60)80-76(58)64/h3-4,9-20,25-50H,1-2,5-8,21-24H2. The Kier molecular flexibility index (Phi) is 11.8. The molecule has 2 nitrogen and oxygen atoms in total. The summed E-state index contributed by atoms with van der Waals surface area (Å²) in [7, 11) is 0. The molecule has 2 aliphatic carbocycles. The molecular formula is C76H60N2S2. The summed E-state index contributed by atoms with van der Waals surface area (Å²) in [6, 6.07) is 88.0. The van der Waals surface area contributed by atoms with Crippen LogP contribution in [0.2, 0.25) is 0 Å². The van der Waals surface area contributed by atoms with Gasteiger partial charge in [-0.15, -0.1) is 22.7 Å². The molecule has 0 atom stereocenters. The van der Waals surface area contributed by atoms with Crippen molar-refractivity contribution < 1.29 is 0 Å². The van der Waals surface area contributed by atoms with Crippen LogP contribution in [-0.4, -0.2) is 0 Å². The van der Waals surface area contributed by atoms with E-state index in [1.54, 1.807) is 0 Å². The van der Waals surface area contributed by atoms with Crippen LogP contribution >= 0.6 is 22.7 Å². The van der Waals surface area contributed by atoms with Gasteiger partial charge in [-0.1, -0.05) is 196 Å². The van der Waals surface area contributed by atoms with Crippen molar-refractivity contribution in [2.75, 3.05) is 9.80 Å². The van der Waals surface area contributed by atoms with E-state index >= 15 is 0 Å². The van der Waals surface area contributed by atoms with Gasteiger partial charge in [0.2, 0.25) is 0 Å². The molecule has 0 N–H and O–H groups in total. The highest BCUT2D eigenvalue weighted by Gasteiger charge is 2.30. The molecule has 4 heteroatoms. The van der Waals surface area contributed by atoms with Crippen LogP contribution in [0.1, 0.15) is 87.2 Å². The Morgan fingerprint density at radius 3 is 1.11 bits per heavy atom. The molecule has 0 aliphatic heterocycles. The molecule has 2 aromatic heterocycles. The Morgan fingerprint density at radius 1 is 0.287 bits per heavy atom. The Hall–Kier alpha value is -8.28. The normalized spacial score (nSPS) is 14.7. The van der Waals surface area contributed by atoms with E-state index in [0.717, 1.165) is 0 Å². The Labute approximate surface area is 476 Å². The van der Waals surface area contributed by atoms with Gasteiger partial charge in [0.1, 0.15) is 0 Å². The Bertz CT molecular complexity index is 4340. The Balaban J connectivity index is 0.956. The molecule has 14 aromatic rings. The van der Waals surface area contributed by atoms with Gasteiger partial charge in [0.05, 0.1) is 11.4 Å². The van der Waals surface area contributed by atoms with E-state index in [4.69, 9.17) is 0 Å². The van der Waals surface area contributed by atoms with E-state index in [-0.39, 0.29) is 0 Å². The third-order valence-corrected chi connectivity index (χ3v) is 20.6. The number of benzene rings is 12. The maximum absolute atomic E-state index is 2.63. The van der Waals surface area contributed by atoms with Crippen molar-refractivity contribution in [2.45, 2.75) is 76.0 Å². The topological polar surface area (TPSA) is 6.48 Å². The summed E-state index contributed by atoms with van der Waals surface area (Å²) in [6.45, 7) is 0. The van der Waals surface area contributed by atoms with Gasteiger partial charge in [-0.3, -0.25) is 0 Å². The van der Waals surface area contributed by atoms with Crippen LogP contribution in [0.4, 0.5) is 34.1 Å². The summed E-state index contributed by atoms with van der Waals surface area (Å²) in [5.74, 6) is 0.959. The average Bonchev–Trinajstić information content (AvgIpc) is 4.20. The van der Waals surface area contributed by atoms with Gasteiger partial charge in [-0.05, 0) is 165 Å². The molecule has 0 spiro atoms. The lowest BCUT2D eigenvalue weighted by molar-refractivity contribution is 0.445. The molecule has 2 fully saturated rings. The molecule has 80 heavy (non-hydrogen) atoms. The fourth-order valence-corrected chi connectivity index (χ4v) is 16.9. The van der Waals surface area contributed by atoms with E-state index in [1.807, 2.05) is 22.7 Å². The Morgan fingerprint density at radius 2 is 0.662 bits per heavy atom. The van der Waals surface area contributed by atoms with E-state index in [1.165, 1.54) is 204 Å². The second kappa shape index (κ2) is 19.8. The van der Waals surface area contributed by atoms with Gasteiger partial charge in [-0.2, -0.15) is 0 Å². The summed E-state index contributed by atoms with van der Waals surface area (Å²) in [5, 5.41) is 13.6. The second-order valence-electron chi connectivity index (χ2n) is 22.7. The van der Waals surface area contributed by atoms with Crippen molar-refractivity contribution in [2.24, 2.45) is 0 Å². The number of thiophene rings is 2. The molecule has 2 aliphatic rings. The number of rotatable bonds is 10.